The molecule has 0 fully saturated rings. The maximum absolute atomic E-state index is 10.7. The van der Waals surface area contributed by atoms with Gasteiger partial charge in [-0.1, -0.05) is 48.0 Å². The SMILES string of the molecule is O=C(O)N/N=C(\c1ccc(Cl)cc1)c1ccc(CCO)cc1. The molecule has 0 aromatic heterocycles. The second-order valence-electron chi connectivity index (χ2n) is 4.55. The minimum absolute atomic E-state index is 0.0814. The molecule has 0 heterocycles. The van der Waals surface area contributed by atoms with E-state index >= 15 is 0 Å². The Labute approximate surface area is 132 Å². The Morgan fingerprint density at radius 1 is 1.05 bits per heavy atom. The Morgan fingerprint density at radius 2 is 1.59 bits per heavy atom. The van der Waals surface area contributed by atoms with Gasteiger partial charge in [-0.05, 0) is 24.1 Å². The van der Waals surface area contributed by atoms with E-state index in [1.54, 1.807) is 24.3 Å². The van der Waals surface area contributed by atoms with Crippen LogP contribution in [0, 0.1) is 0 Å². The number of hydrogen-bond donors (Lipinski definition) is 3. The summed E-state index contributed by atoms with van der Waals surface area (Å²) >= 11 is 5.87. The van der Waals surface area contributed by atoms with Gasteiger partial charge in [-0.25, -0.2) is 10.2 Å². The van der Waals surface area contributed by atoms with Crippen LogP contribution in [0.15, 0.2) is 53.6 Å². The Balaban J connectivity index is 2.37. The zero-order valence-electron chi connectivity index (χ0n) is 11.7. The van der Waals surface area contributed by atoms with E-state index in [0.29, 0.717) is 17.2 Å². The summed E-state index contributed by atoms with van der Waals surface area (Å²) in [5.74, 6) is 0. The Kier molecular flexibility index (Phi) is 5.52. The molecule has 0 aliphatic heterocycles. The summed E-state index contributed by atoms with van der Waals surface area (Å²) in [5.41, 5.74) is 5.02. The van der Waals surface area contributed by atoms with Gasteiger partial charge in [0.1, 0.15) is 0 Å². The minimum atomic E-state index is -1.23. The normalized spacial score (nSPS) is 11.3. The van der Waals surface area contributed by atoms with E-state index in [0.717, 1.165) is 16.7 Å². The van der Waals surface area contributed by atoms with E-state index in [-0.39, 0.29) is 6.61 Å². The van der Waals surface area contributed by atoms with E-state index in [2.05, 4.69) is 5.10 Å². The van der Waals surface area contributed by atoms with Gasteiger partial charge in [0.25, 0.3) is 0 Å². The summed E-state index contributed by atoms with van der Waals surface area (Å²) < 4.78 is 0. The largest absolute Gasteiger partial charge is 0.464 e. The highest BCUT2D eigenvalue weighted by Gasteiger charge is 2.08. The Bertz CT molecular complexity index is 667. The summed E-state index contributed by atoms with van der Waals surface area (Å²) in [5, 5.41) is 22.2. The zero-order valence-corrected chi connectivity index (χ0v) is 12.4. The van der Waals surface area contributed by atoms with Crippen molar-refractivity contribution in [3.63, 3.8) is 0 Å². The van der Waals surface area contributed by atoms with Crippen molar-refractivity contribution in [3.05, 3.63) is 70.2 Å². The summed E-state index contributed by atoms with van der Waals surface area (Å²) in [6.07, 6.45) is -0.662. The fourth-order valence-electron chi connectivity index (χ4n) is 1.97. The molecule has 0 aliphatic rings. The molecule has 2 aromatic carbocycles. The van der Waals surface area contributed by atoms with Crippen LogP contribution in [0.4, 0.5) is 4.79 Å². The maximum atomic E-state index is 10.7. The van der Waals surface area contributed by atoms with Crippen LogP contribution in [0.2, 0.25) is 5.02 Å². The number of aliphatic hydroxyl groups excluding tert-OH is 1. The smallest absolute Gasteiger partial charge is 0.425 e. The monoisotopic (exact) mass is 318 g/mol. The van der Waals surface area contributed by atoms with Crippen LogP contribution in [0.1, 0.15) is 16.7 Å². The topological polar surface area (TPSA) is 81.9 Å². The molecule has 2 aromatic rings. The molecule has 0 unspecified atom stereocenters. The molecule has 22 heavy (non-hydrogen) atoms. The number of halogens is 1. The van der Waals surface area contributed by atoms with Crippen molar-refractivity contribution >= 4 is 23.4 Å². The first-order chi connectivity index (χ1) is 10.6. The fourth-order valence-corrected chi connectivity index (χ4v) is 2.09. The highest BCUT2D eigenvalue weighted by atomic mass is 35.5. The summed E-state index contributed by atoms with van der Waals surface area (Å²) in [6, 6.07) is 14.4. The Morgan fingerprint density at radius 3 is 2.09 bits per heavy atom. The number of rotatable bonds is 5. The molecule has 0 bridgehead atoms. The number of hydrogen-bond acceptors (Lipinski definition) is 3. The molecule has 2 rings (SSSR count). The van der Waals surface area contributed by atoms with Gasteiger partial charge >= 0.3 is 6.09 Å². The van der Waals surface area contributed by atoms with Crippen molar-refractivity contribution in [3.8, 4) is 0 Å². The van der Waals surface area contributed by atoms with Gasteiger partial charge < -0.3 is 10.2 Å². The number of aliphatic hydroxyl groups is 1. The molecule has 0 radical (unpaired) electrons. The lowest BCUT2D eigenvalue weighted by Crippen LogP contribution is -2.18. The van der Waals surface area contributed by atoms with Crippen molar-refractivity contribution in [2.75, 3.05) is 6.61 Å². The zero-order chi connectivity index (χ0) is 15.9. The van der Waals surface area contributed by atoms with Crippen LogP contribution in [0.3, 0.4) is 0 Å². The number of nitrogens with zero attached hydrogens (tertiary/aromatic N) is 1. The predicted molar refractivity (Wildman–Crippen MR) is 85.5 cm³/mol. The molecule has 0 atom stereocenters. The van der Waals surface area contributed by atoms with Crippen molar-refractivity contribution in [1.29, 1.82) is 0 Å². The van der Waals surface area contributed by atoms with Crippen molar-refractivity contribution in [1.82, 2.24) is 5.43 Å². The summed E-state index contributed by atoms with van der Waals surface area (Å²) in [6.45, 7) is 0.0814. The van der Waals surface area contributed by atoms with Crippen LogP contribution in [-0.4, -0.2) is 28.6 Å². The van der Waals surface area contributed by atoms with Crippen LogP contribution < -0.4 is 5.43 Å². The molecule has 0 saturated carbocycles. The second-order valence-corrected chi connectivity index (χ2v) is 4.99. The average molecular weight is 319 g/mol. The molecule has 0 spiro atoms. The van der Waals surface area contributed by atoms with E-state index in [4.69, 9.17) is 21.8 Å². The predicted octanol–water partition coefficient (Wildman–Crippen LogP) is 2.89. The third-order valence-corrected chi connectivity index (χ3v) is 3.26. The molecule has 0 saturated heterocycles. The molecule has 0 aliphatic carbocycles. The standard InChI is InChI=1S/C16H15ClN2O3/c17-14-7-5-13(6-8-14)15(18-19-16(21)22)12-3-1-11(2-4-12)9-10-20/h1-8,19-20H,9-10H2,(H,21,22)/b18-15-. The van der Waals surface area contributed by atoms with Crippen LogP contribution in [-0.2, 0) is 6.42 Å². The van der Waals surface area contributed by atoms with Crippen molar-refractivity contribution < 1.29 is 15.0 Å². The first-order valence-corrected chi connectivity index (χ1v) is 7.00. The Hall–Kier alpha value is -2.37. The lowest BCUT2D eigenvalue weighted by molar-refractivity contribution is 0.195. The maximum Gasteiger partial charge on any atom is 0.425 e. The average Bonchev–Trinajstić information content (AvgIpc) is 2.51. The van der Waals surface area contributed by atoms with Crippen molar-refractivity contribution in [2.45, 2.75) is 6.42 Å². The number of amides is 1. The molecule has 6 heteroatoms. The van der Waals surface area contributed by atoms with Gasteiger partial charge in [0.15, 0.2) is 0 Å². The van der Waals surface area contributed by atoms with Crippen molar-refractivity contribution in [2.24, 2.45) is 5.10 Å². The van der Waals surface area contributed by atoms with E-state index < -0.39 is 6.09 Å². The minimum Gasteiger partial charge on any atom is -0.464 e. The van der Waals surface area contributed by atoms with E-state index in [1.165, 1.54) is 0 Å². The number of carbonyl (C=O) groups is 1. The summed E-state index contributed by atoms with van der Waals surface area (Å²) in [7, 11) is 0. The van der Waals surface area contributed by atoms with E-state index in [1.807, 2.05) is 29.7 Å². The molecule has 5 nitrogen and oxygen atoms in total. The van der Waals surface area contributed by atoms with Crippen LogP contribution in [0.25, 0.3) is 0 Å². The lowest BCUT2D eigenvalue weighted by Gasteiger charge is -2.08. The highest BCUT2D eigenvalue weighted by Crippen LogP contribution is 2.15. The van der Waals surface area contributed by atoms with Gasteiger partial charge in [-0.2, -0.15) is 5.10 Å². The van der Waals surface area contributed by atoms with Gasteiger partial charge in [-0.3, -0.25) is 0 Å². The summed E-state index contributed by atoms with van der Waals surface area (Å²) in [4.78, 5) is 10.7. The van der Waals surface area contributed by atoms with Crippen LogP contribution >= 0.6 is 11.6 Å². The highest BCUT2D eigenvalue weighted by molar-refractivity contribution is 6.30. The van der Waals surface area contributed by atoms with Crippen LogP contribution in [0.5, 0.6) is 0 Å². The van der Waals surface area contributed by atoms with Gasteiger partial charge in [0.2, 0.25) is 0 Å². The number of carboxylic acid groups (broad SMARTS) is 1. The van der Waals surface area contributed by atoms with Gasteiger partial charge in [0, 0.05) is 22.8 Å². The third kappa shape index (κ3) is 4.31. The molecular formula is C16H15ClN2O3. The second kappa shape index (κ2) is 7.59. The fraction of sp³-hybridized carbons (Fsp3) is 0.125. The molecule has 1 amide bonds. The quantitative estimate of drug-likeness (QED) is 0.585. The van der Waals surface area contributed by atoms with E-state index in [9.17, 15) is 4.79 Å². The number of hydrazone groups is 1. The number of benzene rings is 2. The molecule has 114 valence electrons. The third-order valence-electron chi connectivity index (χ3n) is 3.01. The first-order valence-electron chi connectivity index (χ1n) is 6.63. The lowest BCUT2D eigenvalue weighted by atomic mass is 10.0. The molecule has 3 N–H and O–H groups in total. The van der Waals surface area contributed by atoms with Gasteiger partial charge in [0.05, 0.1) is 5.71 Å². The molecular weight excluding hydrogens is 304 g/mol. The number of nitrogens with one attached hydrogen (secondary N) is 1. The first kappa shape index (κ1) is 16.0. The van der Waals surface area contributed by atoms with Gasteiger partial charge in [-0.15, -0.1) is 0 Å².